The fourth-order valence-corrected chi connectivity index (χ4v) is 2.58. The van der Waals surface area contributed by atoms with E-state index in [9.17, 15) is 8.42 Å². The number of rotatable bonds is 4. The van der Waals surface area contributed by atoms with Crippen LogP contribution in [-0.4, -0.2) is 25.0 Å². The van der Waals surface area contributed by atoms with Gasteiger partial charge in [0.15, 0.2) is 0 Å². The lowest BCUT2D eigenvalue weighted by molar-refractivity contribution is 0.602. The van der Waals surface area contributed by atoms with E-state index < -0.39 is 10.0 Å². The number of hydrogen-bond acceptors (Lipinski definition) is 3. The molecule has 0 fully saturated rings. The van der Waals surface area contributed by atoms with Crippen LogP contribution < -0.4 is 4.72 Å². The van der Waals surface area contributed by atoms with Gasteiger partial charge in [-0.15, -0.1) is 11.6 Å². The molecule has 1 heterocycles. The minimum atomic E-state index is -3.34. The Morgan fingerprint density at radius 2 is 2.07 bits per heavy atom. The first-order chi connectivity index (χ1) is 6.94. The SMILES string of the molecule is Cc1ccc(NS(=O)(=O)CCCl)c(C)n1. The van der Waals surface area contributed by atoms with Crippen LogP contribution in [0.3, 0.4) is 0 Å². The molecule has 0 aliphatic carbocycles. The Bertz CT molecular complexity index is 445. The Hall–Kier alpha value is -0.810. The molecule has 1 aromatic heterocycles. The summed E-state index contributed by atoms with van der Waals surface area (Å²) in [7, 11) is -3.34. The van der Waals surface area contributed by atoms with Gasteiger partial charge in [0.2, 0.25) is 10.0 Å². The second-order valence-corrected chi connectivity index (χ2v) is 5.42. The molecule has 0 saturated heterocycles. The van der Waals surface area contributed by atoms with Gasteiger partial charge >= 0.3 is 0 Å². The third-order valence-corrected chi connectivity index (χ3v) is 3.52. The summed E-state index contributed by atoms with van der Waals surface area (Å²) < 4.78 is 25.3. The predicted molar refractivity (Wildman–Crippen MR) is 61.8 cm³/mol. The van der Waals surface area contributed by atoms with Gasteiger partial charge in [0.1, 0.15) is 0 Å². The number of halogens is 1. The maximum absolute atomic E-state index is 11.4. The average molecular weight is 249 g/mol. The van der Waals surface area contributed by atoms with Crippen LogP contribution >= 0.6 is 11.6 Å². The quantitative estimate of drug-likeness (QED) is 0.825. The summed E-state index contributed by atoms with van der Waals surface area (Å²) in [5.74, 6) is -0.0183. The average Bonchev–Trinajstić information content (AvgIpc) is 2.09. The zero-order valence-electron chi connectivity index (χ0n) is 8.62. The van der Waals surface area contributed by atoms with Crippen molar-refractivity contribution in [2.24, 2.45) is 0 Å². The largest absolute Gasteiger partial charge is 0.282 e. The minimum absolute atomic E-state index is 0.0771. The molecule has 1 aromatic rings. The third kappa shape index (κ3) is 3.68. The number of aryl methyl sites for hydroxylation is 2. The van der Waals surface area contributed by atoms with Crippen molar-refractivity contribution < 1.29 is 8.42 Å². The molecule has 0 bridgehead atoms. The molecular formula is C9H13ClN2O2S. The van der Waals surface area contributed by atoms with Crippen LogP contribution in [0.15, 0.2) is 12.1 Å². The van der Waals surface area contributed by atoms with E-state index in [0.717, 1.165) is 5.69 Å². The second-order valence-electron chi connectivity index (χ2n) is 3.20. The van der Waals surface area contributed by atoms with Crippen molar-refractivity contribution in [2.75, 3.05) is 16.4 Å². The monoisotopic (exact) mass is 248 g/mol. The molecule has 0 amide bonds. The Morgan fingerprint density at radius 1 is 1.40 bits per heavy atom. The van der Waals surface area contributed by atoms with E-state index in [1.54, 1.807) is 19.1 Å². The third-order valence-electron chi connectivity index (χ3n) is 1.84. The molecule has 0 aliphatic rings. The first-order valence-electron chi connectivity index (χ1n) is 4.45. The number of sulfonamides is 1. The van der Waals surface area contributed by atoms with Crippen molar-refractivity contribution in [3.63, 3.8) is 0 Å². The molecule has 84 valence electrons. The topological polar surface area (TPSA) is 59.1 Å². The van der Waals surface area contributed by atoms with Crippen molar-refractivity contribution in [3.05, 3.63) is 23.5 Å². The molecule has 0 spiro atoms. The smallest absolute Gasteiger partial charge is 0.233 e. The Morgan fingerprint density at radius 3 is 2.60 bits per heavy atom. The number of alkyl halides is 1. The van der Waals surface area contributed by atoms with E-state index in [-0.39, 0.29) is 11.6 Å². The van der Waals surface area contributed by atoms with Crippen LogP contribution in [0, 0.1) is 13.8 Å². The summed E-state index contributed by atoms with van der Waals surface area (Å²) >= 11 is 5.38. The van der Waals surface area contributed by atoms with Gasteiger partial charge in [0.05, 0.1) is 17.1 Å². The van der Waals surface area contributed by atoms with Gasteiger partial charge in [0.25, 0.3) is 0 Å². The first kappa shape index (κ1) is 12.3. The maximum atomic E-state index is 11.4. The highest BCUT2D eigenvalue weighted by atomic mass is 35.5. The molecule has 0 radical (unpaired) electrons. The summed E-state index contributed by atoms with van der Waals surface area (Å²) in [5, 5.41) is 0. The highest BCUT2D eigenvalue weighted by Crippen LogP contribution is 2.14. The van der Waals surface area contributed by atoms with Crippen LogP contribution in [0.4, 0.5) is 5.69 Å². The molecule has 15 heavy (non-hydrogen) atoms. The second kappa shape index (κ2) is 4.81. The number of nitrogens with zero attached hydrogens (tertiary/aromatic N) is 1. The summed E-state index contributed by atoms with van der Waals surface area (Å²) in [4.78, 5) is 4.16. The molecule has 0 aromatic carbocycles. The highest BCUT2D eigenvalue weighted by molar-refractivity contribution is 7.92. The van der Waals surface area contributed by atoms with Gasteiger partial charge < -0.3 is 0 Å². The summed E-state index contributed by atoms with van der Waals surface area (Å²) in [5.41, 5.74) is 2.02. The van der Waals surface area contributed by atoms with Crippen molar-refractivity contribution in [2.45, 2.75) is 13.8 Å². The van der Waals surface area contributed by atoms with Crippen molar-refractivity contribution >= 4 is 27.3 Å². The van der Waals surface area contributed by atoms with Gasteiger partial charge in [-0.1, -0.05) is 0 Å². The van der Waals surface area contributed by atoms with Crippen molar-refractivity contribution in [1.82, 2.24) is 4.98 Å². The van der Waals surface area contributed by atoms with Gasteiger partial charge in [0, 0.05) is 11.6 Å². The van der Waals surface area contributed by atoms with E-state index in [4.69, 9.17) is 11.6 Å². The zero-order valence-corrected chi connectivity index (χ0v) is 10.2. The highest BCUT2D eigenvalue weighted by Gasteiger charge is 2.11. The van der Waals surface area contributed by atoms with E-state index >= 15 is 0 Å². The molecule has 1 rings (SSSR count). The van der Waals surface area contributed by atoms with Crippen LogP contribution in [0.25, 0.3) is 0 Å². The number of anilines is 1. The van der Waals surface area contributed by atoms with Gasteiger partial charge in [-0.05, 0) is 26.0 Å². The van der Waals surface area contributed by atoms with Crippen molar-refractivity contribution in [1.29, 1.82) is 0 Å². The summed E-state index contributed by atoms with van der Waals surface area (Å²) in [6.45, 7) is 3.61. The maximum Gasteiger partial charge on any atom is 0.233 e. The summed E-state index contributed by atoms with van der Waals surface area (Å²) in [6.07, 6.45) is 0. The van der Waals surface area contributed by atoms with Crippen LogP contribution in [0.1, 0.15) is 11.4 Å². The van der Waals surface area contributed by atoms with Gasteiger partial charge in [-0.25, -0.2) is 8.42 Å². The van der Waals surface area contributed by atoms with E-state index in [1.165, 1.54) is 0 Å². The lowest BCUT2D eigenvalue weighted by Crippen LogP contribution is -2.18. The molecule has 6 heteroatoms. The zero-order chi connectivity index (χ0) is 11.5. The van der Waals surface area contributed by atoms with Gasteiger partial charge in [-0.2, -0.15) is 0 Å². The van der Waals surface area contributed by atoms with E-state index in [0.29, 0.717) is 11.4 Å². The Balaban J connectivity index is 2.90. The molecule has 0 saturated carbocycles. The van der Waals surface area contributed by atoms with Crippen LogP contribution in [-0.2, 0) is 10.0 Å². The predicted octanol–water partition coefficient (Wildman–Crippen LogP) is 1.68. The van der Waals surface area contributed by atoms with Crippen LogP contribution in [0.2, 0.25) is 0 Å². The number of pyridine rings is 1. The number of hydrogen-bond donors (Lipinski definition) is 1. The fourth-order valence-electron chi connectivity index (χ4n) is 1.11. The molecular weight excluding hydrogens is 236 g/mol. The van der Waals surface area contributed by atoms with E-state index in [1.807, 2.05) is 6.92 Å². The molecule has 4 nitrogen and oxygen atoms in total. The Kier molecular flexibility index (Phi) is 3.93. The van der Waals surface area contributed by atoms with Crippen molar-refractivity contribution in [3.8, 4) is 0 Å². The standard InChI is InChI=1S/C9H13ClN2O2S/c1-7-3-4-9(8(2)11-7)12-15(13,14)6-5-10/h3-4,12H,5-6H2,1-2H3. The molecule has 0 unspecified atom stereocenters. The fraction of sp³-hybridized carbons (Fsp3) is 0.444. The normalized spacial score (nSPS) is 11.4. The number of nitrogens with one attached hydrogen (secondary N) is 1. The Labute approximate surface area is 94.7 Å². The van der Waals surface area contributed by atoms with Crippen LogP contribution in [0.5, 0.6) is 0 Å². The molecule has 0 atom stereocenters. The van der Waals surface area contributed by atoms with E-state index in [2.05, 4.69) is 9.71 Å². The minimum Gasteiger partial charge on any atom is -0.282 e. The van der Waals surface area contributed by atoms with Gasteiger partial charge in [-0.3, -0.25) is 9.71 Å². The first-order valence-corrected chi connectivity index (χ1v) is 6.64. The molecule has 1 N–H and O–H groups in total. The summed E-state index contributed by atoms with van der Waals surface area (Å²) in [6, 6.07) is 3.45. The molecule has 0 aliphatic heterocycles. The number of aromatic nitrogens is 1. The lowest BCUT2D eigenvalue weighted by Gasteiger charge is -2.09. The lowest BCUT2D eigenvalue weighted by atomic mass is 10.3.